The number of hydrogen-bond donors (Lipinski definition) is 0. The molecular weight excluding hydrogens is 212 g/mol. The number of methoxy groups -OCH3 is 1. The summed E-state index contributed by atoms with van der Waals surface area (Å²) in [5.74, 6) is 0.888. The topological polar surface area (TPSA) is 18.5 Å². The molecule has 2 rings (SSSR count). The molecule has 82 valence electrons. The van der Waals surface area contributed by atoms with E-state index >= 15 is 0 Å². The summed E-state index contributed by atoms with van der Waals surface area (Å²) in [5, 5.41) is 0. The standard InChI is InChI=1S/C12H15ClO2/c1-8-4-9(2)11(14-3)10(5-8)12(13)6-15-7-12/h4-5H,6-7H2,1-3H3. The number of alkyl halides is 1. The van der Waals surface area contributed by atoms with Crippen LogP contribution in [0, 0.1) is 13.8 Å². The summed E-state index contributed by atoms with van der Waals surface area (Å²) < 4.78 is 10.6. The Balaban J connectivity index is 2.53. The minimum atomic E-state index is -0.387. The molecule has 1 aliphatic rings. The minimum absolute atomic E-state index is 0.387. The van der Waals surface area contributed by atoms with Crippen molar-refractivity contribution in [2.24, 2.45) is 0 Å². The second-order valence-corrected chi connectivity index (χ2v) is 4.84. The van der Waals surface area contributed by atoms with E-state index in [1.165, 1.54) is 5.56 Å². The average Bonchev–Trinajstić information content (AvgIpc) is 2.13. The molecule has 3 heteroatoms. The Bertz CT molecular complexity index is 383. The first-order valence-corrected chi connectivity index (χ1v) is 5.37. The Morgan fingerprint density at radius 3 is 2.47 bits per heavy atom. The fourth-order valence-corrected chi connectivity index (χ4v) is 2.29. The Morgan fingerprint density at radius 2 is 2.00 bits per heavy atom. The van der Waals surface area contributed by atoms with Crippen molar-refractivity contribution in [3.63, 3.8) is 0 Å². The van der Waals surface area contributed by atoms with E-state index in [2.05, 4.69) is 19.1 Å². The van der Waals surface area contributed by atoms with Crippen molar-refractivity contribution in [3.8, 4) is 5.75 Å². The van der Waals surface area contributed by atoms with E-state index in [-0.39, 0.29) is 4.87 Å². The van der Waals surface area contributed by atoms with Crippen LogP contribution in [0.15, 0.2) is 12.1 Å². The SMILES string of the molecule is COc1c(C)cc(C)cc1C1(Cl)COC1. The maximum absolute atomic E-state index is 6.46. The highest BCUT2D eigenvalue weighted by atomic mass is 35.5. The minimum Gasteiger partial charge on any atom is -0.496 e. The van der Waals surface area contributed by atoms with Gasteiger partial charge >= 0.3 is 0 Å². The lowest BCUT2D eigenvalue weighted by molar-refractivity contribution is -0.0161. The van der Waals surface area contributed by atoms with Gasteiger partial charge in [-0.2, -0.15) is 0 Å². The molecule has 0 amide bonds. The Kier molecular flexibility index (Phi) is 2.65. The van der Waals surface area contributed by atoms with Crippen LogP contribution in [-0.2, 0) is 9.61 Å². The summed E-state index contributed by atoms with van der Waals surface area (Å²) in [6.07, 6.45) is 0. The van der Waals surface area contributed by atoms with Crippen LogP contribution in [0.3, 0.4) is 0 Å². The second-order valence-electron chi connectivity index (χ2n) is 4.12. The molecule has 1 aromatic rings. The fourth-order valence-electron chi connectivity index (χ4n) is 1.99. The molecule has 0 aliphatic carbocycles. The summed E-state index contributed by atoms with van der Waals surface area (Å²) in [5.41, 5.74) is 3.38. The van der Waals surface area contributed by atoms with Gasteiger partial charge in [-0.25, -0.2) is 0 Å². The normalized spacial score (nSPS) is 18.4. The quantitative estimate of drug-likeness (QED) is 0.722. The van der Waals surface area contributed by atoms with E-state index in [1.54, 1.807) is 7.11 Å². The zero-order valence-electron chi connectivity index (χ0n) is 9.26. The fraction of sp³-hybridized carbons (Fsp3) is 0.500. The monoisotopic (exact) mass is 226 g/mol. The van der Waals surface area contributed by atoms with E-state index in [4.69, 9.17) is 21.1 Å². The van der Waals surface area contributed by atoms with Crippen molar-refractivity contribution in [2.75, 3.05) is 20.3 Å². The van der Waals surface area contributed by atoms with Gasteiger partial charge < -0.3 is 9.47 Å². The van der Waals surface area contributed by atoms with E-state index in [1.807, 2.05) is 6.92 Å². The van der Waals surface area contributed by atoms with Gasteiger partial charge in [-0.15, -0.1) is 11.6 Å². The highest BCUT2D eigenvalue weighted by Gasteiger charge is 2.40. The zero-order chi connectivity index (χ0) is 11.1. The second kappa shape index (κ2) is 3.69. The molecule has 0 saturated carbocycles. The van der Waals surface area contributed by atoms with Gasteiger partial charge in [-0.05, 0) is 19.4 Å². The van der Waals surface area contributed by atoms with E-state index in [0.717, 1.165) is 16.9 Å². The maximum atomic E-state index is 6.46. The summed E-state index contributed by atoms with van der Waals surface area (Å²) >= 11 is 6.46. The summed E-state index contributed by atoms with van der Waals surface area (Å²) in [6.45, 7) is 5.23. The van der Waals surface area contributed by atoms with Crippen LogP contribution in [0.25, 0.3) is 0 Å². The average molecular weight is 227 g/mol. The van der Waals surface area contributed by atoms with Gasteiger partial charge in [0.05, 0.1) is 20.3 Å². The van der Waals surface area contributed by atoms with Gasteiger partial charge in [-0.3, -0.25) is 0 Å². The third-order valence-electron chi connectivity index (χ3n) is 2.77. The number of benzene rings is 1. The molecule has 0 radical (unpaired) electrons. The molecule has 1 fully saturated rings. The lowest BCUT2D eigenvalue weighted by Crippen LogP contribution is -2.41. The zero-order valence-corrected chi connectivity index (χ0v) is 10.0. The summed E-state index contributed by atoms with van der Waals surface area (Å²) in [6, 6.07) is 4.18. The van der Waals surface area contributed by atoms with Crippen molar-refractivity contribution in [2.45, 2.75) is 18.7 Å². The van der Waals surface area contributed by atoms with Crippen LogP contribution >= 0.6 is 11.6 Å². The molecule has 0 spiro atoms. The molecule has 1 saturated heterocycles. The van der Waals surface area contributed by atoms with E-state index in [9.17, 15) is 0 Å². The van der Waals surface area contributed by atoms with Crippen molar-refractivity contribution in [1.82, 2.24) is 0 Å². The predicted octanol–water partition coefficient (Wildman–Crippen LogP) is 2.78. The van der Waals surface area contributed by atoms with Gasteiger partial charge in [0.15, 0.2) is 0 Å². The largest absolute Gasteiger partial charge is 0.496 e. The van der Waals surface area contributed by atoms with Gasteiger partial charge in [0.2, 0.25) is 0 Å². The molecule has 2 nitrogen and oxygen atoms in total. The number of ether oxygens (including phenoxy) is 2. The van der Waals surface area contributed by atoms with Crippen LogP contribution in [0.2, 0.25) is 0 Å². The van der Waals surface area contributed by atoms with Crippen LogP contribution < -0.4 is 4.74 Å². The maximum Gasteiger partial charge on any atom is 0.126 e. The van der Waals surface area contributed by atoms with Crippen LogP contribution in [0.1, 0.15) is 16.7 Å². The molecule has 15 heavy (non-hydrogen) atoms. The lowest BCUT2D eigenvalue weighted by Gasteiger charge is -2.37. The van der Waals surface area contributed by atoms with Crippen molar-refractivity contribution in [1.29, 1.82) is 0 Å². The third kappa shape index (κ3) is 1.72. The molecule has 0 bridgehead atoms. The van der Waals surface area contributed by atoms with Crippen LogP contribution in [-0.4, -0.2) is 20.3 Å². The molecule has 1 aromatic carbocycles. The van der Waals surface area contributed by atoms with Gasteiger partial charge in [0, 0.05) is 5.56 Å². The van der Waals surface area contributed by atoms with E-state index < -0.39 is 0 Å². The molecule has 0 atom stereocenters. The van der Waals surface area contributed by atoms with Crippen molar-refractivity contribution < 1.29 is 9.47 Å². The molecule has 0 unspecified atom stereocenters. The van der Waals surface area contributed by atoms with E-state index in [0.29, 0.717) is 13.2 Å². The molecule has 0 aromatic heterocycles. The molecule has 1 heterocycles. The predicted molar refractivity (Wildman–Crippen MR) is 60.8 cm³/mol. The first kappa shape index (κ1) is 10.8. The summed E-state index contributed by atoms with van der Waals surface area (Å²) in [7, 11) is 1.68. The molecular formula is C12H15ClO2. The first-order valence-electron chi connectivity index (χ1n) is 4.99. The number of rotatable bonds is 2. The molecule has 0 N–H and O–H groups in total. The number of aryl methyl sites for hydroxylation is 2. The Hall–Kier alpha value is -0.730. The van der Waals surface area contributed by atoms with Gasteiger partial charge in [0.25, 0.3) is 0 Å². The Labute approximate surface area is 95.1 Å². The Morgan fingerprint density at radius 1 is 1.33 bits per heavy atom. The van der Waals surface area contributed by atoms with Crippen molar-refractivity contribution in [3.05, 3.63) is 28.8 Å². The highest BCUT2D eigenvalue weighted by Crippen LogP contribution is 2.43. The third-order valence-corrected chi connectivity index (χ3v) is 3.19. The number of hydrogen-bond acceptors (Lipinski definition) is 2. The first-order chi connectivity index (χ1) is 7.07. The van der Waals surface area contributed by atoms with Gasteiger partial charge in [-0.1, -0.05) is 17.7 Å². The molecule has 1 aliphatic heterocycles. The lowest BCUT2D eigenvalue weighted by atomic mass is 9.92. The number of halogens is 1. The summed E-state index contributed by atoms with van der Waals surface area (Å²) in [4.78, 5) is -0.387. The highest BCUT2D eigenvalue weighted by molar-refractivity contribution is 6.25. The smallest absolute Gasteiger partial charge is 0.126 e. The van der Waals surface area contributed by atoms with Crippen LogP contribution in [0.5, 0.6) is 5.75 Å². The van der Waals surface area contributed by atoms with Gasteiger partial charge in [0.1, 0.15) is 10.6 Å². The van der Waals surface area contributed by atoms with Crippen molar-refractivity contribution >= 4 is 11.6 Å². The van der Waals surface area contributed by atoms with Crippen LogP contribution in [0.4, 0.5) is 0 Å².